The Kier molecular flexibility index (Phi) is 6.86. The molecule has 1 unspecified atom stereocenters. The van der Waals surface area contributed by atoms with Gasteiger partial charge in [-0.15, -0.1) is 0 Å². The predicted molar refractivity (Wildman–Crippen MR) is 114 cm³/mol. The van der Waals surface area contributed by atoms with E-state index in [0.717, 1.165) is 19.3 Å². The van der Waals surface area contributed by atoms with E-state index in [4.69, 9.17) is 0 Å². The monoisotopic (exact) mass is 395 g/mol. The minimum atomic E-state index is -0.356. The molecule has 1 atom stereocenters. The number of hydrogen-bond acceptors (Lipinski definition) is 3. The Balaban J connectivity index is 1.79. The van der Waals surface area contributed by atoms with Crippen LogP contribution in [0.25, 0.3) is 0 Å². The van der Waals surface area contributed by atoms with E-state index in [1.54, 1.807) is 18.3 Å². The highest BCUT2D eigenvalue weighted by atomic mass is 16.2. The molecule has 0 saturated heterocycles. The Bertz CT molecular complexity index is 935. The average Bonchev–Trinajstić information content (AvgIpc) is 2.72. The Morgan fingerprint density at radius 2 is 1.97 bits per heavy atom. The third kappa shape index (κ3) is 4.75. The molecule has 1 aromatic heterocycles. The van der Waals surface area contributed by atoms with Crippen molar-refractivity contribution in [1.82, 2.24) is 9.47 Å². The zero-order valence-corrected chi connectivity index (χ0v) is 17.2. The standard InChI is InChI=1S/C23H29N3O3/c1-3-9-21(27)24-19-13-8-15-25(23(19)29)16-22(28)26(4-2)20-14-7-11-17-10-5-6-12-18(17)20/h5-6,8,10,12-13,15,20H,3-4,7,9,11,14,16H2,1-2H3,(H,24,27). The lowest BCUT2D eigenvalue weighted by Crippen LogP contribution is -2.40. The van der Waals surface area contributed by atoms with Crippen LogP contribution in [0.1, 0.15) is 56.7 Å². The van der Waals surface area contributed by atoms with Gasteiger partial charge >= 0.3 is 0 Å². The van der Waals surface area contributed by atoms with E-state index in [1.807, 2.05) is 30.9 Å². The minimum absolute atomic E-state index is 0.0389. The Hall–Kier alpha value is -2.89. The molecule has 3 rings (SSSR count). The first-order valence-electron chi connectivity index (χ1n) is 10.4. The molecule has 1 aliphatic rings. The molecule has 0 saturated carbocycles. The van der Waals surface area contributed by atoms with Crippen molar-refractivity contribution in [2.45, 2.75) is 58.5 Å². The molecule has 1 aromatic carbocycles. The average molecular weight is 396 g/mol. The number of carbonyl (C=O) groups is 2. The lowest BCUT2D eigenvalue weighted by molar-refractivity contribution is -0.134. The molecule has 6 nitrogen and oxygen atoms in total. The number of nitrogens with one attached hydrogen (secondary N) is 1. The fourth-order valence-corrected chi connectivity index (χ4v) is 4.06. The van der Waals surface area contributed by atoms with Crippen LogP contribution >= 0.6 is 0 Å². The third-order valence-electron chi connectivity index (χ3n) is 5.45. The number of rotatable bonds is 7. The minimum Gasteiger partial charge on any atom is -0.334 e. The van der Waals surface area contributed by atoms with Gasteiger partial charge in [0.15, 0.2) is 0 Å². The van der Waals surface area contributed by atoms with E-state index in [-0.39, 0.29) is 35.6 Å². The first kappa shape index (κ1) is 20.8. The SMILES string of the molecule is CCCC(=O)Nc1cccn(CC(=O)N(CC)C2CCCc3ccccc32)c1=O. The molecule has 0 aliphatic heterocycles. The summed E-state index contributed by atoms with van der Waals surface area (Å²) in [7, 11) is 0. The van der Waals surface area contributed by atoms with Crippen molar-refractivity contribution < 1.29 is 9.59 Å². The predicted octanol–water partition coefficient (Wildman–Crippen LogP) is 3.51. The lowest BCUT2D eigenvalue weighted by Gasteiger charge is -2.35. The van der Waals surface area contributed by atoms with Gasteiger partial charge in [0.05, 0.1) is 6.04 Å². The highest BCUT2D eigenvalue weighted by Gasteiger charge is 2.28. The molecule has 6 heteroatoms. The first-order valence-corrected chi connectivity index (χ1v) is 10.4. The molecule has 0 spiro atoms. The van der Waals surface area contributed by atoms with Gasteiger partial charge in [-0.2, -0.15) is 0 Å². The Labute approximate surface area is 171 Å². The van der Waals surface area contributed by atoms with Crippen molar-refractivity contribution in [3.05, 3.63) is 64.1 Å². The van der Waals surface area contributed by atoms with Gasteiger partial charge in [-0.05, 0) is 55.9 Å². The fourth-order valence-electron chi connectivity index (χ4n) is 4.06. The third-order valence-corrected chi connectivity index (χ3v) is 5.45. The second kappa shape index (κ2) is 9.54. The van der Waals surface area contributed by atoms with Gasteiger partial charge in [0.2, 0.25) is 11.8 Å². The van der Waals surface area contributed by atoms with Crippen molar-refractivity contribution in [2.24, 2.45) is 0 Å². The number of aryl methyl sites for hydroxylation is 1. The number of fused-ring (bicyclic) bond motifs is 1. The van der Waals surface area contributed by atoms with Crippen molar-refractivity contribution in [3.63, 3.8) is 0 Å². The zero-order valence-electron chi connectivity index (χ0n) is 17.2. The molecular weight excluding hydrogens is 366 g/mol. The summed E-state index contributed by atoms with van der Waals surface area (Å²) in [4.78, 5) is 39.5. The quantitative estimate of drug-likeness (QED) is 0.780. The summed E-state index contributed by atoms with van der Waals surface area (Å²) in [6.45, 7) is 4.42. The zero-order chi connectivity index (χ0) is 20.8. The number of amides is 2. The van der Waals surface area contributed by atoms with Crippen LogP contribution < -0.4 is 10.9 Å². The largest absolute Gasteiger partial charge is 0.334 e. The van der Waals surface area contributed by atoms with Gasteiger partial charge in [0.1, 0.15) is 12.2 Å². The van der Waals surface area contributed by atoms with Crippen molar-refractivity contribution in [1.29, 1.82) is 0 Å². The van der Waals surface area contributed by atoms with E-state index in [2.05, 4.69) is 17.4 Å². The number of pyridine rings is 1. The molecule has 29 heavy (non-hydrogen) atoms. The first-order chi connectivity index (χ1) is 14.0. The van der Waals surface area contributed by atoms with Crippen LogP contribution in [0.5, 0.6) is 0 Å². The van der Waals surface area contributed by atoms with Gasteiger partial charge in [-0.25, -0.2) is 0 Å². The molecule has 0 fully saturated rings. The van der Waals surface area contributed by atoms with E-state index < -0.39 is 0 Å². The maximum atomic E-state index is 13.1. The summed E-state index contributed by atoms with van der Waals surface area (Å²) in [5, 5.41) is 2.65. The Morgan fingerprint density at radius 1 is 1.17 bits per heavy atom. The van der Waals surface area contributed by atoms with Crippen LogP contribution in [0.2, 0.25) is 0 Å². The van der Waals surface area contributed by atoms with Crippen LogP contribution in [0.4, 0.5) is 5.69 Å². The molecule has 2 aromatic rings. The van der Waals surface area contributed by atoms with E-state index in [9.17, 15) is 14.4 Å². The molecule has 1 N–H and O–H groups in total. The smallest absolute Gasteiger partial charge is 0.274 e. The normalized spacial score (nSPS) is 15.4. The second-order valence-electron chi connectivity index (χ2n) is 7.44. The topological polar surface area (TPSA) is 71.4 Å². The van der Waals surface area contributed by atoms with E-state index >= 15 is 0 Å². The van der Waals surface area contributed by atoms with Crippen molar-refractivity contribution >= 4 is 17.5 Å². The van der Waals surface area contributed by atoms with E-state index in [0.29, 0.717) is 19.4 Å². The van der Waals surface area contributed by atoms with Crippen LogP contribution in [-0.4, -0.2) is 27.8 Å². The maximum absolute atomic E-state index is 13.1. The molecule has 1 heterocycles. The summed E-state index contributed by atoms with van der Waals surface area (Å²) in [6.07, 6.45) is 5.68. The number of likely N-dealkylation sites (N-methyl/N-ethyl adjacent to an activating group) is 1. The molecule has 0 radical (unpaired) electrons. The van der Waals surface area contributed by atoms with Crippen LogP contribution in [0, 0.1) is 0 Å². The van der Waals surface area contributed by atoms with Gasteiger partial charge in [0, 0.05) is 19.2 Å². The molecule has 154 valence electrons. The second-order valence-corrected chi connectivity index (χ2v) is 7.44. The van der Waals surface area contributed by atoms with Crippen molar-refractivity contribution in [2.75, 3.05) is 11.9 Å². The molecule has 2 amide bonds. The number of hydrogen-bond donors (Lipinski definition) is 1. The van der Waals surface area contributed by atoms with Crippen LogP contribution in [-0.2, 0) is 22.6 Å². The van der Waals surface area contributed by atoms with Crippen LogP contribution in [0.15, 0.2) is 47.4 Å². The molecular formula is C23H29N3O3. The number of anilines is 1. The highest BCUT2D eigenvalue weighted by Crippen LogP contribution is 2.34. The number of aromatic nitrogens is 1. The van der Waals surface area contributed by atoms with Gasteiger partial charge in [-0.3, -0.25) is 14.4 Å². The number of benzene rings is 1. The van der Waals surface area contributed by atoms with Crippen LogP contribution in [0.3, 0.4) is 0 Å². The molecule has 1 aliphatic carbocycles. The maximum Gasteiger partial charge on any atom is 0.274 e. The summed E-state index contributed by atoms with van der Waals surface area (Å²) < 4.78 is 1.38. The number of nitrogens with zero attached hydrogens (tertiary/aromatic N) is 2. The summed E-state index contributed by atoms with van der Waals surface area (Å²) >= 11 is 0. The van der Waals surface area contributed by atoms with Gasteiger partial charge in [-0.1, -0.05) is 31.2 Å². The van der Waals surface area contributed by atoms with E-state index in [1.165, 1.54) is 15.7 Å². The lowest BCUT2D eigenvalue weighted by atomic mass is 9.86. The van der Waals surface area contributed by atoms with Gasteiger partial charge < -0.3 is 14.8 Å². The highest BCUT2D eigenvalue weighted by molar-refractivity contribution is 5.90. The Morgan fingerprint density at radius 3 is 2.72 bits per heavy atom. The summed E-state index contributed by atoms with van der Waals surface area (Å²) in [5.74, 6) is -0.281. The number of carbonyl (C=O) groups excluding carboxylic acids is 2. The van der Waals surface area contributed by atoms with Crippen molar-refractivity contribution in [3.8, 4) is 0 Å². The summed E-state index contributed by atoms with van der Waals surface area (Å²) in [6, 6.07) is 11.6. The van der Waals surface area contributed by atoms with Gasteiger partial charge in [0.25, 0.3) is 5.56 Å². The summed E-state index contributed by atoms with van der Waals surface area (Å²) in [5.41, 5.74) is 2.37. The fraction of sp³-hybridized carbons (Fsp3) is 0.435. The molecule has 0 bridgehead atoms.